The SMILES string of the molecule is CC(C)=CCc1cc(C)ccc1OC(=O)CC1CCCCC1. The summed E-state index contributed by atoms with van der Waals surface area (Å²) in [6.45, 7) is 6.24. The highest BCUT2D eigenvalue weighted by atomic mass is 16.5. The summed E-state index contributed by atoms with van der Waals surface area (Å²) in [5, 5.41) is 0. The van der Waals surface area contributed by atoms with E-state index in [1.54, 1.807) is 0 Å². The molecule has 0 N–H and O–H groups in total. The van der Waals surface area contributed by atoms with E-state index in [1.807, 2.05) is 12.1 Å². The Kier molecular flexibility index (Phi) is 6.23. The summed E-state index contributed by atoms with van der Waals surface area (Å²) in [6.07, 6.45) is 9.74. The predicted molar refractivity (Wildman–Crippen MR) is 91.1 cm³/mol. The van der Waals surface area contributed by atoms with E-state index in [4.69, 9.17) is 4.74 Å². The summed E-state index contributed by atoms with van der Waals surface area (Å²) in [7, 11) is 0. The van der Waals surface area contributed by atoms with Gasteiger partial charge in [-0.05, 0) is 57.6 Å². The molecule has 0 atom stereocenters. The van der Waals surface area contributed by atoms with Gasteiger partial charge in [-0.15, -0.1) is 0 Å². The Balaban J connectivity index is 2.01. The minimum atomic E-state index is -0.0748. The largest absolute Gasteiger partial charge is 0.426 e. The predicted octanol–water partition coefficient (Wildman–Crippen LogP) is 5.38. The molecule has 1 aliphatic carbocycles. The molecule has 0 aliphatic heterocycles. The van der Waals surface area contributed by atoms with Crippen LogP contribution in [-0.2, 0) is 11.2 Å². The van der Waals surface area contributed by atoms with Crippen molar-refractivity contribution in [2.24, 2.45) is 5.92 Å². The lowest BCUT2D eigenvalue weighted by molar-refractivity contribution is -0.135. The molecule has 1 aromatic carbocycles. The molecule has 0 heterocycles. The first-order chi connectivity index (χ1) is 10.5. The van der Waals surface area contributed by atoms with Crippen LogP contribution in [-0.4, -0.2) is 5.97 Å². The lowest BCUT2D eigenvalue weighted by atomic mass is 9.87. The zero-order chi connectivity index (χ0) is 15.9. The van der Waals surface area contributed by atoms with E-state index in [-0.39, 0.29) is 5.97 Å². The van der Waals surface area contributed by atoms with Gasteiger partial charge in [-0.3, -0.25) is 4.79 Å². The van der Waals surface area contributed by atoms with Gasteiger partial charge < -0.3 is 4.74 Å². The molecule has 2 rings (SSSR count). The van der Waals surface area contributed by atoms with E-state index >= 15 is 0 Å². The summed E-state index contributed by atoms with van der Waals surface area (Å²) >= 11 is 0. The van der Waals surface area contributed by atoms with Gasteiger partial charge in [0.15, 0.2) is 0 Å². The Morgan fingerprint density at radius 1 is 1.23 bits per heavy atom. The summed E-state index contributed by atoms with van der Waals surface area (Å²) in [6, 6.07) is 6.06. The Bertz CT molecular complexity index is 533. The highest BCUT2D eigenvalue weighted by Gasteiger charge is 2.19. The molecule has 1 aromatic rings. The third-order valence-corrected chi connectivity index (χ3v) is 4.35. The van der Waals surface area contributed by atoms with Gasteiger partial charge in [-0.25, -0.2) is 0 Å². The minimum Gasteiger partial charge on any atom is -0.426 e. The average molecular weight is 300 g/mol. The molecule has 1 fully saturated rings. The maximum absolute atomic E-state index is 12.2. The number of allylic oxidation sites excluding steroid dienone is 2. The van der Waals surface area contributed by atoms with Crippen LogP contribution in [0.1, 0.15) is 63.5 Å². The molecule has 0 amide bonds. The smallest absolute Gasteiger partial charge is 0.311 e. The van der Waals surface area contributed by atoms with Crippen LogP contribution in [0, 0.1) is 12.8 Å². The number of carbonyl (C=O) groups is 1. The van der Waals surface area contributed by atoms with Gasteiger partial charge in [0.25, 0.3) is 0 Å². The molecule has 1 aliphatic rings. The van der Waals surface area contributed by atoms with Crippen LogP contribution in [0.15, 0.2) is 29.8 Å². The topological polar surface area (TPSA) is 26.3 Å². The van der Waals surface area contributed by atoms with Gasteiger partial charge in [-0.1, -0.05) is 48.6 Å². The quantitative estimate of drug-likeness (QED) is 0.414. The Hall–Kier alpha value is -1.57. The first-order valence-electron chi connectivity index (χ1n) is 8.48. The van der Waals surface area contributed by atoms with Crippen LogP contribution in [0.3, 0.4) is 0 Å². The molecule has 22 heavy (non-hydrogen) atoms. The molecular formula is C20H28O2. The van der Waals surface area contributed by atoms with Crippen molar-refractivity contribution in [2.75, 3.05) is 0 Å². The van der Waals surface area contributed by atoms with Crippen molar-refractivity contribution < 1.29 is 9.53 Å². The van der Waals surface area contributed by atoms with E-state index in [0.29, 0.717) is 12.3 Å². The van der Waals surface area contributed by atoms with Gasteiger partial charge in [0, 0.05) is 6.42 Å². The highest BCUT2D eigenvalue weighted by Crippen LogP contribution is 2.28. The van der Waals surface area contributed by atoms with Crippen LogP contribution in [0.2, 0.25) is 0 Å². The van der Waals surface area contributed by atoms with Crippen LogP contribution in [0.4, 0.5) is 0 Å². The van der Waals surface area contributed by atoms with Gasteiger partial charge in [0.1, 0.15) is 5.75 Å². The summed E-state index contributed by atoms with van der Waals surface area (Å²) in [5.74, 6) is 1.17. The maximum atomic E-state index is 12.2. The molecule has 120 valence electrons. The van der Waals surface area contributed by atoms with E-state index in [9.17, 15) is 4.79 Å². The number of hydrogen-bond donors (Lipinski definition) is 0. The highest BCUT2D eigenvalue weighted by molar-refractivity contribution is 5.73. The Labute approximate surface area is 134 Å². The molecule has 0 spiro atoms. The lowest BCUT2D eigenvalue weighted by Crippen LogP contribution is -2.17. The first kappa shape index (κ1) is 16.8. The Morgan fingerprint density at radius 2 is 1.95 bits per heavy atom. The van der Waals surface area contributed by atoms with Gasteiger partial charge >= 0.3 is 5.97 Å². The third kappa shape index (κ3) is 5.32. The molecule has 0 unspecified atom stereocenters. The normalized spacial score (nSPS) is 15.4. The molecule has 1 saturated carbocycles. The molecule has 0 radical (unpaired) electrons. The van der Waals surface area contributed by atoms with Crippen LogP contribution < -0.4 is 4.74 Å². The number of aryl methyl sites for hydroxylation is 1. The zero-order valence-electron chi connectivity index (χ0n) is 14.2. The van der Waals surface area contributed by atoms with Crippen molar-refractivity contribution in [3.05, 3.63) is 41.0 Å². The molecule has 2 nitrogen and oxygen atoms in total. The van der Waals surface area contributed by atoms with E-state index < -0.39 is 0 Å². The van der Waals surface area contributed by atoms with Crippen LogP contribution >= 0.6 is 0 Å². The van der Waals surface area contributed by atoms with Crippen molar-refractivity contribution in [1.82, 2.24) is 0 Å². The number of benzene rings is 1. The summed E-state index contributed by atoms with van der Waals surface area (Å²) < 4.78 is 5.67. The van der Waals surface area contributed by atoms with Crippen molar-refractivity contribution >= 4 is 5.97 Å². The number of rotatable bonds is 5. The minimum absolute atomic E-state index is 0.0748. The third-order valence-electron chi connectivity index (χ3n) is 4.35. The molecule has 0 saturated heterocycles. The van der Waals surface area contributed by atoms with Crippen LogP contribution in [0.5, 0.6) is 5.75 Å². The number of esters is 1. The second-order valence-electron chi connectivity index (χ2n) is 6.78. The molecular weight excluding hydrogens is 272 g/mol. The van der Waals surface area contributed by atoms with Gasteiger partial charge in [-0.2, -0.15) is 0 Å². The lowest BCUT2D eigenvalue weighted by Gasteiger charge is -2.20. The van der Waals surface area contributed by atoms with E-state index in [2.05, 4.69) is 32.9 Å². The van der Waals surface area contributed by atoms with Crippen molar-refractivity contribution in [3.63, 3.8) is 0 Å². The fourth-order valence-electron chi connectivity index (χ4n) is 3.07. The standard InChI is InChI=1S/C20H28O2/c1-15(2)9-11-18-13-16(3)10-12-19(18)22-20(21)14-17-7-5-4-6-8-17/h9-10,12-13,17H,4-8,11,14H2,1-3H3. The van der Waals surface area contributed by atoms with Crippen molar-refractivity contribution in [1.29, 1.82) is 0 Å². The fourth-order valence-corrected chi connectivity index (χ4v) is 3.07. The monoisotopic (exact) mass is 300 g/mol. The average Bonchev–Trinajstić information content (AvgIpc) is 2.48. The zero-order valence-corrected chi connectivity index (χ0v) is 14.2. The number of ether oxygens (including phenoxy) is 1. The first-order valence-corrected chi connectivity index (χ1v) is 8.48. The number of hydrogen-bond acceptors (Lipinski definition) is 2. The van der Waals surface area contributed by atoms with Gasteiger partial charge in [0.2, 0.25) is 0 Å². The van der Waals surface area contributed by atoms with Crippen molar-refractivity contribution in [3.8, 4) is 5.75 Å². The molecule has 0 aromatic heterocycles. The number of carbonyl (C=O) groups excluding carboxylic acids is 1. The van der Waals surface area contributed by atoms with Crippen molar-refractivity contribution in [2.45, 2.75) is 65.7 Å². The van der Waals surface area contributed by atoms with E-state index in [0.717, 1.165) is 17.7 Å². The Morgan fingerprint density at radius 3 is 2.64 bits per heavy atom. The summed E-state index contributed by atoms with van der Waals surface area (Å²) in [4.78, 5) is 12.2. The molecule has 2 heteroatoms. The van der Waals surface area contributed by atoms with E-state index in [1.165, 1.54) is 43.2 Å². The fraction of sp³-hybridized carbons (Fsp3) is 0.550. The maximum Gasteiger partial charge on any atom is 0.311 e. The second kappa shape index (κ2) is 8.17. The second-order valence-corrected chi connectivity index (χ2v) is 6.78. The summed E-state index contributed by atoms with van der Waals surface area (Å²) in [5.41, 5.74) is 3.57. The van der Waals surface area contributed by atoms with Gasteiger partial charge in [0.05, 0.1) is 0 Å². The molecule has 0 bridgehead atoms. The van der Waals surface area contributed by atoms with Crippen LogP contribution in [0.25, 0.3) is 0 Å².